The number of aliphatic hydroxyl groups is 1. The average molecular weight is 350 g/mol. The van der Waals surface area contributed by atoms with Crippen molar-refractivity contribution in [3.63, 3.8) is 0 Å². The van der Waals surface area contributed by atoms with Gasteiger partial charge in [0.25, 0.3) is 0 Å². The summed E-state index contributed by atoms with van der Waals surface area (Å²) in [4.78, 5) is 0. The van der Waals surface area contributed by atoms with Crippen molar-refractivity contribution in [2.45, 2.75) is 62.0 Å². The second-order valence-corrected chi connectivity index (χ2v) is 7.67. The molecular formula is C18H22O7. The second kappa shape index (κ2) is 4.94. The van der Waals surface area contributed by atoms with Crippen molar-refractivity contribution in [3.05, 3.63) is 29.8 Å². The Morgan fingerprint density at radius 1 is 1.04 bits per heavy atom. The molecular weight excluding hydrogens is 328 g/mol. The normalized spacial score (nSPS) is 46.7. The standard InChI is InChI=1S/C18H22O7/c1-16(2)23-13-15(24-16)22-12-14-21-9-17(25-14,8-18(12,13)19)10-4-6-11(20-3)7-5-10/h4-7,12-15,19H,8-9H2,1-3H3/t12-,13+,14+,15-,17-,18-/m1/s1. The van der Waals surface area contributed by atoms with Crippen LogP contribution in [0.15, 0.2) is 24.3 Å². The van der Waals surface area contributed by atoms with E-state index >= 15 is 0 Å². The van der Waals surface area contributed by atoms with E-state index in [-0.39, 0.29) is 0 Å². The SMILES string of the molecule is COc1ccc([C@@]23CO[C@@H](O2)[C@H]2O[C@@H]4OC(C)(C)O[C@@H]4[C@@]2(O)C3)cc1. The molecule has 0 saturated carbocycles. The summed E-state index contributed by atoms with van der Waals surface area (Å²) >= 11 is 0. The number of rotatable bonds is 2. The van der Waals surface area contributed by atoms with Gasteiger partial charge in [0.2, 0.25) is 0 Å². The van der Waals surface area contributed by atoms with Crippen LogP contribution in [0.1, 0.15) is 25.8 Å². The Kier molecular flexibility index (Phi) is 3.16. The molecule has 7 nitrogen and oxygen atoms in total. The molecule has 6 atom stereocenters. The lowest BCUT2D eigenvalue weighted by molar-refractivity contribution is -0.294. The van der Waals surface area contributed by atoms with Gasteiger partial charge >= 0.3 is 0 Å². The molecule has 25 heavy (non-hydrogen) atoms. The monoisotopic (exact) mass is 350 g/mol. The Balaban J connectivity index is 1.51. The van der Waals surface area contributed by atoms with Crippen molar-refractivity contribution in [2.24, 2.45) is 0 Å². The Labute approximate surface area is 145 Å². The van der Waals surface area contributed by atoms with Crippen LogP contribution in [0.4, 0.5) is 0 Å². The third-order valence-electron chi connectivity index (χ3n) is 5.58. The van der Waals surface area contributed by atoms with E-state index in [0.29, 0.717) is 13.0 Å². The number of methoxy groups -OCH3 is 1. The van der Waals surface area contributed by atoms with Crippen LogP contribution in [0, 0.1) is 0 Å². The zero-order valence-electron chi connectivity index (χ0n) is 14.4. The topological polar surface area (TPSA) is 75.6 Å². The van der Waals surface area contributed by atoms with E-state index < -0.39 is 41.8 Å². The smallest absolute Gasteiger partial charge is 0.190 e. The minimum atomic E-state index is -1.24. The minimum Gasteiger partial charge on any atom is -0.497 e. The quantitative estimate of drug-likeness (QED) is 0.861. The lowest BCUT2D eigenvalue weighted by atomic mass is 9.76. The van der Waals surface area contributed by atoms with Gasteiger partial charge in [-0.25, -0.2) is 0 Å². The molecule has 1 N–H and O–H groups in total. The van der Waals surface area contributed by atoms with E-state index in [1.54, 1.807) is 7.11 Å². The van der Waals surface area contributed by atoms with Crippen molar-refractivity contribution >= 4 is 0 Å². The molecule has 136 valence electrons. The first-order chi connectivity index (χ1) is 11.9. The van der Waals surface area contributed by atoms with Gasteiger partial charge < -0.3 is 33.5 Å². The number of hydrogen-bond acceptors (Lipinski definition) is 7. The summed E-state index contributed by atoms with van der Waals surface area (Å²) in [5, 5.41) is 11.5. The number of benzene rings is 1. The van der Waals surface area contributed by atoms with Crippen LogP contribution in [0.2, 0.25) is 0 Å². The maximum Gasteiger partial charge on any atom is 0.190 e. The van der Waals surface area contributed by atoms with Gasteiger partial charge in [-0.05, 0) is 31.5 Å². The molecule has 0 amide bonds. The van der Waals surface area contributed by atoms with Crippen molar-refractivity contribution in [2.75, 3.05) is 13.7 Å². The molecule has 5 rings (SSSR count). The van der Waals surface area contributed by atoms with Crippen molar-refractivity contribution in [1.82, 2.24) is 0 Å². The largest absolute Gasteiger partial charge is 0.497 e. The van der Waals surface area contributed by atoms with Crippen LogP contribution >= 0.6 is 0 Å². The molecule has 4 heterocycles. The lowest BCUT2D eigenvalue weighted by Crippen LogP contribution is -2.60. The first-order valence-corrected chi connectivity index (χ1v) is 8.53. The molecule has 0 aliphatic carbocycles. The number of ether oxygens (including phenoxy) is 6. The fourth-order valence-electron chi connectivity index (χ4n) is 4.45. The van der Waals surface area contributed by atoms with Gasteiger partial charge in [-0.15, -0.1) is 0 Å². The van der Waals surface area contributed by atoms with Crippen molar-refractivity contribution < 1.29 is 33.5 Å². The second-order valence-electron chi connectivity index (χ2n) is 7.67. The molecule has 0 radical (unpaired) electrons. The molecule has 4 saturated heterocycles. The fraction of sp³-hybridized carbons (Fsp3) is 0.667. The molecule has 4 aliphatic heterocycles. The Morgan fingerprint density at radius 2 is 1.80 bits per heavy atom. The molecule has 0 spiro atoms. The molecule has 0 unspecified atom stereocenters. The van der Waals surface area contributed by atoms with Crippen LogP contribution in [-0.2, 0) is 29.3 Å². The van der Waals surface area contributed by atoms with E-state index in [0.717, 1.165) is 11.3 Å². The highest BCUT2D eigenvalue weighted by Crippen LogP contribution is 2.56. The molecule has 1 aromatic rings. The minimum absolute atomic E-state index is 0.314. The maximum atomic E-state index is 11.5. The summed E-state index contributed by atoms with van der Waals surface area (Å²) in [5.74, 6) is -0.0248. The highest BCUT2D eigenvalue weighted by Gasteiger charge is 2.72. The van der Waals surface area contributed by atoms with Crippen molar-refractivity contribution in [3.8, 4) is 5.75 Å². The zero-order chi connectivity index (χ0) is 17.4. The van der Waals surface area contributed by atoms with Crippen LogP contribution in [0.3, 0.4) is 0 Å². The predicted molar refractivity (Wildman–Crippen MR) is 83.8 cm³/mol. The third-order valence-corrected chi connectivity index (χ3v) is 5.58. The van der Waals surface area contributed by atoms with Gasteiger partial charge in [0, 0.05) is 6.42 Å². The summed E-state index contributed by atoms with van der Waals surface area (Å²) in [7, 11) is 1.63. The average Bonchev–Trinajstić information content (AvgIpc) is 3.18. The first-order valence-electron chi connectivity index (χ1n) is 8.53. The van der Waals surface area contributed by atoms with Gasteiger partial charge in [-0.2, -0.15) is 0 Å². The van der Waals surface area contributed by atoms with Crippen molar-refractivity contribution in [1.29, 1.82) is 0 Å². The summed E-state index contributed by atoms with van der Waals surface area (Å²) < 4.78 is 34.9. The fourth-order valence-corrected chi connectivity index (χ4v) is 4.45. The van der Waals surface area contributed by atoms with E-state index in [1.807, 2.05) is 38.1 Å². The Hall–Kier alpha value is -1.22. The maximum absolute atomic E-state index is 11.5. The summed E-state index contributed by atoms with van der Waals surface area (Å²) in [5.41, 5.74) is -1.04. The predicted octanol–water partition coefficient (Wildman–Crippen LogP) is 1.27. The molecule has 0 aromatic heterocycles. The molecule has 1 aromatic carbocycles. The van der Waals surface area contributed by atoms with Crippen LogP contribution < -0.4 is 4.74 Å². The highest BCUT2D eigenvalue weighted by molar-refractivity contribution is 5.33. The number of hydrogen-bond donors (Lipinski definition) is 1. The summed E-state index contributed by atoms with van der Waals surface area (Å²) in [6.45, 7) is 3.99. The van der Waals surface area contributed by atoms with E-state index in [2.05, 4.69) is 0 Å². The first kappa shape index (κ1) is 16.0. The van der Waals surface area contributed by atoms with Gasteiger partial charge in [0.15, 0.2) is 18.4 Å². The van der Waals surface area contributed by atoms with Gasteiger partial charge in [0.1, 0.15) is 29.2 Å². The lowest BCUT2D eigenvalue weighted by Gasteiger charge is -2.44. The third kappa shape index (κ3) is 2.14. The van der Waals surface area contributed by atoms with Crippen LogP contribution in [0.5, 0.6) is 5.75 Å². The highest BCUT2D eigenvalue weighted by atomic mass is 16.9. The van der Waals surface area contributed by atoms with Gasteiger partial charge in [-0.1, -0.05) is 12.1 Å². The van der Waals surface area contributed by atoms with E-state index in [1.165, 1.54) is 0 Å². The molecule has 4 fully saturated rings. The Morgan fingerprint density at radius 3 is 2.52 bits per heavy atom. The Bertz CT molecular complexity index is 689. The van der Waals surface area contributed by atoms with Crippen LogP contribution in [-0.4, -0.2) is 55.0 Å². The molecule has 7 heteroatoms. The summed E-state index contributed by atoms with van der Waals surface area (Å²) in [6.07, 6.45) is -2.16. The van der Waals surface area contributed by atoms with Crippen LogP contribution in [0.25, 0.3) is 0 Å². The zero-order valence-corrected chi connectivity index (χ0v) is 14.4. The molecule has 2 bridgehead atoms. The van der Waals surface area contributed by atoms with E-state index in [4.69, 9.17) is 28.4 Å². The van der Waals surface area contributed by atoms with Gasteiger partial charge in [-0.3, -0.25) is 0 Å². The summed E-state index contributed by atoms with van der Waals surface area (Å²) in [6, 6.07) is 7.64. The molecule has 4 aliphatic rings. The number of fused-ring (bicyclic) bond motifs is 6. The van der Waals surface area contributed by atoms with E-state index in [9.17, 15) is 5.11 Å². The van der Waals surface area contributed by atoms with Gasteiger partial charge in [0.05, 0.1) is 13.7 Å².